The van der Waals surface area contributed by atoms with Gasteiger partial charge in [-0.15, -0.1) is 0 Å². The van der Waals surface area contributed by atoms with Crippen LogP contribution in [0.3, 0.4) is 0 Å². The van der Waals surface area contributed by atoms with Crippen LogP contribution in [-0.2, 0) is 30.7 Å². The zero-order valence-corrected chi connectivity index (χ0v) is 14.9. The number of rotatable bonds is 3. The lowest BCUT2D eigenvalue weighted by atomic mass is 9.96. The Balaban J connectivity index is 1.45. The van der Waals surface area contributed by atoms with E-state index in [9.17, 15) is 4.79 Å². The lowest BCUT2D eigenvalue weighted by molar-refractivity contribution is -0.121. The monoisotopic (exact) mass is 356 g/mol. The van der Waals surface area contributed by atoms with Gasteiger partial charge in [0, 0.05) is 42.1 Å². The summed E-state index contributed by atoms with van der Waals surface area (Å²) in [6.07, 6.45) is 3.59. The SMILES string of the molecule is Cc1ncc2c(c1CNC(=O)[C@@H]1Cc3cc(Cl)ccc3N1)CCNC2. The molecule has 1 amide bonds. The van der Waals surface area contributed by atoms with Crippen molar-refractivity contribution in [3.8, 4) is 0 Å². The molecule has 0 saturated carbocycles. The highest BCUT2D eigenvalue weighted by Gasteiger charge is 2.27. The number of carbonyl (C=O) groups is 1. The van der Waals surface area contributed by atoms with Gasteiger partial charge in [0.2, 0.25) is 5.91 Å². The summed E-state index contributed by atoms with van der Waals surface area (Å²) in [5.41, 5.74) is 6.81. The third kappa shape index (κ3) is 3.22. The largest absolute Gasteiger partial charge is 0.373 e. The van der Waals surface area contributed by atoms with Gasteiger partial charge in [-0.25, -0.2) is 0 Å². The van der Waals surface area contributed by atoms with E-state index in [-0.39, 0.29) is 11.9 Å². The average Bonchev–Trinajstić information content (AvgIpc) is 3.04. The minimum absolute atomic E-state index is 0.0123. The van der Waals surface area contributed by atoms with Crippen LogP contribution < -0.4 is 16.0 Å². The number of benzene rings is 1. The molecule has 1 aromatic carbocycles. The first-order valence-electron chi connectivity index (χ1n) is 8.61. The Morgan fingerprint density at radius 3 is 3.16 bits per heavy atom. The second-order valence-electron chi connectivity index (χ2n) is 6.67. The number of hydrogen-bond acceptors (Lipinski definition) is 4. The van der Waals surface area contributed by atoms with E-state index < -0.39 is 0 Å². The van der Waals surface area contributed by atoms with Crippen molar-refractivity contribution >= 4 is 23.2 Å². The van der Waals surface area contributed by atoms with Gasteiger partial charge in [0.05, 0.1) is 0 Å². The predicted octanol–water partition coefficient (Wildman–Crippen LogP) is 2.34. The van der Waals surface area contributed by atoms with Crippen molar-refractivity contribution in [1.82, 2.24) is 15.6 Å². The van der Waals surface area contributed by atoms with Gasteiger partial charge in [0.1, 0.15) is 6.04 Å². The molecule has 2 aromatic rings. The minimum Gasteiger partial charge on any atom is -0.373 e. The molecule has 0 spiro atoms. The first-order valence-corrected chi connectivity index (χ1v) is 8.99. The van der Waals surface area contributed by atoms with E-state index in [1.807, 2.05) is 31.3 Å². The van der Waals surface area contributed by atoms with Gasteiger partial charge >= 0.3 is 0 Å². The van der Waals surface area contributed by atoms with Crippen molar-refractivity contribution in [2.45, 2.75) is 38.9 Å². The molecular weight excluding hydrogens is 336 g/mol. The number of anilines is 1. The van der Waals surface area contributed by atoms with Gasteiger partial charge in [-0.3, -0.25) is 9.78 Å². The van der Waals surface area contributed by atoms with E-state index in [0.29, 0.717) is 18.0 Å². The summed E-state index contributed by atoms with van der Waals surface area (Å²) >= 11 is 6.04. The van der Waals surface area contributed by atoms with Crippen molar-refractivity contribution in [2.24, 2.45) is 0 Å². The van der Waals surface area contributed by atoms with E-state index in [2.05, 4.69) is 20.9 Å². The lowest BCUT2D eigenvalue weighted by Gasteiger charge is -2.22. The molecule has 4 rings (SSSR count). The standard InChI is InChI=1S/C19H21ClN4O/c1-11-16(15-4-5-21-8-13(15)9-22-11)10-23-19(25)18-7-12-6-14(20)2-3-17(12)24-18/h2-3,6,9,18,21,24H,4-5,7-8,10H2,1H3,(H,23,25)/t18-/m0/s1. The number of fused-ring (bicyclic) bond motifs is 2. The summed E-state index contributed by atoms with van der Waals surface area (Å²) in [4.78, 5) is 17.1. The Labute approximate surface area is 152 Å². The maximum atomic E-state index is 12.6. The topological polar surface area (TPSA) is 66.0 Å². The highest BCUT2D eigenvalue weighted by atomic mass is 35.5. The van der Waals surface area contributed by atoms with Crippen LogP contribution in [0.2, 0.25) is 5.02 Å². The highest BCUT2D eigenvalue weighted by molar-refractivity contribution is 6.30. The van der Waals surface area contributed by atoms with Crippen molar-refractivity contribution in [1.29, 1.82) is 0 Å². The molecule has 0 aliphatic carbocycles. The normalized spacial score (nSPS) is 18.2. The van der Waals surface area contributed by atoms with Crippen molar-refractivity contribution < 1.29 is 4.79 Å². The van der Waals surface area contributed by atoms with Crippen LogP contribution in [0.1, 0.15) is 27.9 Å². The molecule has 3 N–H and O–H groups in total. The molecule has 2 aliphatic rings. The average molecular weight is 357 g/mol. The number of carbonyl (C=O) groups excluding carboxylic acids is 1. The quantitative estimate of drug-likeness (QED) is 0.789. The molecule has 0 unspecified atom stereocenters. The van der Waals surface area contributed by atoms with Crippen LogP contribution >= 0.6 is 11.6 Å². The summed E-state index contributed by atoms with van der Waals surface area (Å²) in [5.74, 6) is 0.0123. The summed E-state index contributed by atoms with van der Waals surface area (Å²) in [6.45, 7) is 4.35. The molecule has 1 atom stereocenters. The maximum Gasteiger partial charge on any atom is 0.243 e. The van der Waals surface area contributed by atoms with Crippen molar-refractivity contribution in [3.63, 3.8) is 0 Å². The van der Waals surface area contributed by atoms with Gasteiger partial charge in [0.25, 0.3) is 0 Å². The molecule has 5 nitrogen and oxygen atoms in total. The summed E-state index contributed by atoms with van der Waals surface area (Å²) in [7, 11) is 0. The fourth-order valence-corrected chi connectivity index (χ4v) is 3.86. The van der Waals surface area contributed by atoms with Crippen LogP contribution in [0, 0.1) is 6.92 Å². The predicted molar refractivity (Wildman–Crippen MR) is 98.8 cm³/mol. The van der Waals surface area contributed by atoms with Gasteiger partial charge in [-0.1, -0.05) is 11.6 Å². The number of halogens is 1. The zero-order chi connectivity index (χ0) is 17.4. The van der Waals surface area contributed by atoms with Gasteiger partial charge in [0.15, 0.2) is 0 Å². The second kappa shape index (κ2) is 6.65. The van der Waals surface area contributed by atoms with E-state index >= 15 is 0 Å². The first-order chi connectivity index (χ1) is 12.1. The van der Waals surface area contributed by atoms with Gasteiger partial charge in [-0.05, 0) is 60.3 Å². The van der Waals surface area contributed by atoms with E-state index in [1.165, 1.54) is 11.1 Å². The zero-order valence-electron chi connectivity index (χ0n) is 14.2. The van der Waals surface area contributed by atoms with Crippen molar-refractivity contribution in [3.05, 3.63) is 57.4 Å². The Kier molecular flexibility index (Phi) is 4.36. The number of nitrogens with one attached hydrogen (secondary N) is 3. The Bertz CT molecular complexity index is 836. The molecule has 130 valence electrons. The molecule has 1 aromatic heterocycles. The number of aryl methyl sites for hydroxylation is 1. The molecule has 2 aliphatic heterocycles. The van der Waals surface area contributed by atoms with Crippen LogP contribution in [0.5, 0.6) is 0 Å². The molecule has 0 bridgehead atoms. The molecule has 0 fully saturated rings. The lowest BCUT2D eigenvalue weighted by Crippen LogP contribution is -2.38. The Hall–Kier alpha value is -2.11. The number of nitrogens with zero attached hydrogens (tertiary/aromatic N) is 1. The van der Waals surface area contributed by atoms with E-state index in [0.717, 1.165) is 42.0 Å². The highest BCUT2D eigenvalue weighted by Crippen LogP contribution is 2.28. The molecule has 3 heterocycles. The fraction of sp³-hybridized carbons (Fsp3) is 0.368. The van der Waals surface area contributed by atoms with E-state index in [4.69, 9.17) is 11.6 Å². The fourth-order valence-electron chi connectivity index (χ4n) is 3.67. The maximum absolute atomic E-state index is 12.6. The number of aromatic nitrogens is 1. The van der Waals surface area contributed by atoms with Crippen LogP contribution in [0.15, 0.2) is 24.4 Å². The number of pyridine rings is 1. The second-order valence-corrected chi connectivity index (χ2v) is 7.11. The summed E-state index contributed by atoms with van der Waals surface area (Å²) in [5, 5.41) is 10.4. The number of amides is 1. The Morgan fingerprint density at radius 1 is 1.40 bits per heavy atom. The summed E-state index contributed by atoms with van der Waals surface area (Å²) < 4.78 is 0. The van der Waals surface area contributed by atoms with Crippen LogP contribution in [0.4, 0.5) is 5.69 Å². The molecule has 0 radical (unpaired) electrons. The van der Waals surface area contributed by atoms with Crippen LogP contribution in [-0.4, -0.2) is 23.5 Å². The number of hydrogen-bond donors (Lipinski definition) is 3. The molecule has 0 saturated heterocycles. The van der Waals surface area contributed by atoms with Crippen molar-refractivity contribution in [2.75, 3.05) is 11.9 Å². The smallest absolute Gasteiger partial charge is 0.243 e. The van der Waals surface area contributed by atoms with Gasteiger partial charge < -0.3 is 16.0 Å². The summed E-state index contributed by atoms with van der Waals surface area (Å²) in [6, 6.07) is 5.45. The Morgan fingerprint density at radius 2 is 2.28 bits per heavy atom. The third-order valence-electron chi connectivity index (χ3n) is 5.05. The van der Waals surface area contributed by atoms with E-state index in [1.54, 1.807) is 0 Å². The molecule has 25 heavy (non-hydrogen) atoms. The van der Waals surface area contributed by atoms with Gasteiger partial charge in [-0.2, -0.15) is 0 Å². The first kappa shape index (κ1) is 16.4. The molecular formula is C19H21ClN4O. The minimum atomic E-state index is -0.247. The van der Waals surface area contributed by atoms with Crippen LogP contribution in [0.25, 0.3) is 0 Å². The molecule has 6 heteroatoms. The third-order valence-corrected chi connectivity index (χ3v) is 5.28.